The predicted molar refractivity (Wildman–Crippen MR) is 60.5 cm³/mol. The van der Waals surface area contributed by atoms with E-state index < -0.39 is 0 Å². The average molecular weight is 206 g/mol. The third kappa shape index (κ3) is 3.18. The molecule has 1 aromatic carbocycles. The fraction of sp³-hybridized carbons (Fsp3) is 0.273. The summed E-state index contributed by atoms with van der Waals surface area (Å²) in [6, 6.07) is 5.06. The van der Waals surface area contributed by atoms with E-state index in [0.29, 0.717) is 12.1 Å². The molecule has 15 heavy (non-hydrogen) atoms. The highest BCUT2D eigenvalue weighted by Gasteiger charge is 2.08. The molecule has 0 amide bonds. The smallest absolute Gasteiger partial charge is 0.272 e. The van der Waals surface area contributed by atoms with Crippen molar-refractivity contribution in [2.24, 2.45) is 5.73 Å². The van der Waals surface area contributed by atoms with Crippen molar-refractivity contribution in [3.63, 3.8) is 0 Å². The largest absolute Gasteiger partial charge is 0.330 e. The summed E-state index contributed by atoms with van der Waals surface area (Å²) in [4.78, 5) is 10.2. The van der Waals surface area contributed by atoms with E-state index in [2.05, 4.69) is 0 Å². The summed E-state index contributed by atoms with van der Waals surface area (Å²) in [5.74, 6) is 0. The Kier molecular flexibility index (Phi) is 4.00. The first-order valence-corrected chi connectivity index (χ1v) is 4.77. The summed E-state index contributed by atoms with van der Waals surface area (Å²) in [7, 11) is 0. The van der Waals surface area contributed by atoms with Gasteiger partial charge in [0, 0.05) is 11.6 Å². The molecule has 0 fully saturated rings. The van der Waals surface area contributed by atoms with E-state index >= 15 is 0 Å². The number of nitro groups is 1. The molecule has 4 nitrogen and oxygen atoms in total. The number of rotatable bonds is 4. The van der Waals surface area contributed by atoms with Crippen LogP contribution in [0.3, 0.4) is 0 Å². The zero-order chi connectivity index (χ0) is 11.3. The summed E-state index contributed by atoms with van der Waals surface area (Å²) < 4.78 is 0. The van der Waals surface area contributed by atoms with Crippen LogP contribution in [-0.4, -0.2) is 11.5 Å². The average Bonchev–Trinajstić information content (AvgIpc) is 2.17. The second kappa shape index (κ2) is 5.26. The summed E-state index contributed by atoms with van der Waals surface area (Å²) in [6.45, 7) is 2.35. The SMILES string of the molecule is Cc1cc(C=CCCN)ccc1[N+](=O)[O-]. The van der Waals surface area contributed by atoms with Gasteiger partial charge in [0.1, 0.15) is 0 Å². The molecule has 80 valence electrons. The molecular formula is C11H14N2O2. The number of aryl methyl sites for hydroxylation is 1. The third-order valence-electron chi connectivity index (χ3n) is 2.06. The van der Waals surface area contributed by atoms with Crippen LogP contribution in [-0.2, 0) is 0 Å². The Hall–Kier alpha value is -1.68. The maximum atomic E-state index is 10.6. The first-order chi connectivity index (χ1) is 7.15. The zero-order valence-corrected chi connectivity index (χ0v) is 8.64. The minimum absolute atomic E-state index is 0.158. The van der Waals surface area contributed by atoms with Crippen molar-refractivity contribution < 1.29 is 4.92 Å². The number of nitrogens with zero attached hydrogens (tertiary/aromatic N) is 1. The lowest BCUT2D eigenvalue weighted by atomic mass is 10.1. The Morgan fingerprint density at radius 3 is 2.80 bits per heavy atom. The molecule has 0 saturated heterocycles. The summed E-state index contributed by atoms with van der Waals surface area (Å²) in [5.41, 5.74) is 7.14. The molecule has 1 rings (SSSR count). The van der Waals surface area contributed by atoms with Crippen molar-refractivity contribution in [2.45, 2.75) is 13.3 Å². The van der Waals surface area contributed by atoms with E-state index in [0.717, 1.165) is 12.0 Å². The molecule has 2 N–H and O–H groups in total. The van der Waals surface area contributed by atoms with Gasteiger partial charge < -0.3 is 5.73 Å². The van der Waals surface area contributed by atoms with Gasteiger partial charge in [-0.2, -0.15) is 0 Å². The Morgan fingerprint density at radius 1 is 1.53 bits per heavy atom. The predicted octanol–water partition coefficient (Wildman–Crippen LogP) is 2.27. The van der Waals surface area contributed by atoms with Crippen LogP contribution in [0, 0.1) is 17.0 Å². The Bertz CT molecular complexity index is 386. The fourth-order valence-electron chi connectivity index (χ4n) is 1.30. The Balaban J connectivity index is 2.87. The van der Waals surface area contributed by atoms with E-state index in [1.165, 1.54) is 6.07 Å². The maximum Gasteiger partial charge on any atom is 0.272 e. The summed E-state index contributed by atoms with van der Waals surface area (Å²) in [5, 5.41) is 10.6. The molecular weight excluding hydrogens is 192 g/mol. The molecule has 0 aliphatic rings. The monoisotopic (exact) mass is 206 g/mol. The van der Waals surface area contributed by atoms with Crippen LogP contribution < -0.4 is 5.73 Å². The second-order valence-electron chi connectivity index (χ2n) is 3.28. The van der Waals surface area contributed by atoms with Gasteiger partial charge >= 0.3 is 0 Å². The van der Waals surface area contributed by atoms with Gasteiger partial charge in [-0.3, -0.25) is 10.1 Å². The van der Waals surface area contributed by atoms with E-state index in [1.807, 2.05) is 12.2 Å². The lowest BCUT2D eigenvalue weighted by molar-refractivity contribution is -0.385. The van der Waals surface area contributed by atoms with E-state index in [4.69, 9.17) is 5.73 Å². The van der Waals surface area contributed by atoms with Gasteiger partial charge in [0.25, 0.3) is 5.69 Å². The minimum Gasteiger partial charge on any atom is -0.330 e. The normalized spacial score (nSPS) is 10.8. The van der Waals surface area contributed by atoms with Gasteiger partial charge in [-0.05, 0) is 37.6 Å². The highest BCUT2D eigenvalue weighted by molar-refractivity contribution is 5.54. The fourth-order valence-corrected chi connectivity index (χ4v) is 1.30. The first-order valence-electron chi connectivity index (χ1n) is 4.77. The summed E-state index contributed by atoms with van der Waals surface area (Å²) in [6.07, 6.45) is 4.69. The summed E-state index contributed by atoms with van der Waals surface area (Å²) >= 11 is 0. The highest BCUT2D eigenvalue weighted by Crippen LogP contribution is 2.19. The van der Waals surface area contributed by atoms with Crippen LogP contribution in [0.15, 0.2) is 24.3 Å². The van der Waals surface area contributed by atoms with Crippen molar-refractivity contribution in [2.75, 3.05) is 6.54 Å². The van der Waals surface area contributed by atoms with Gasteiger partial charge in [-0.15, -0.1) is 0 Å². The molecule has 0 radical (unpaired) electrons. The van der Waals surface area contributed by atoms with Crippen LogP contribution in [0.1, 0.15) is 17.5 Å². The lowest BCUT2D eigenvalue weighted by Crippen LogP contribution is -1.95. The van der Waals surface area contributed by atoms with Crippen LogP contribution >= 0.6 is 0 Å². The number of nitrogens with two attached hydrogens (primary N) is 1. The van der Waals surface area contributed by atoms with Crippen LogP contribution in [0.2, 0.25) is 0 Å². The quantitative estimate of drug-likeness (QED) is 0.606. The zero-order valence-electron chi connectivity index (χ0n) is 8.64. The number of nitro benzene ring substituents is 1. The van der Waals surface area contributed by atoms with Crippen LogP contribution in [0.5, 0.6) is 0 Å². The van der Waals surface area contributed by atoms with Crippen molar-refractivity contribution in [3.8, 4) is 0 Å². The molecule has 0 spiro atoms. The standard InChI is InChI=1S/C11H14N2O2/c1-9-8-10(4-2-3-7-12)5-6-11(9)13(14)15/h2,4-6,8H,3,7,12H2,1H3. The van der Waals surface area contributed by atoms with Crippen molar-refractivity contribution in [1.82, 2.24) is 0 Å². The van der Waals surface area contributed by atoms with Gasteiger partial charge in [0.2, 0.25) is 0 Å². The number of hydrogen-bond acceptors (Lipinski definition) is 3. The third-order valence-corrected chi connectivity index (χ3v) is 2.06. The highest BCUT2D eigenvalue weighted by atomic mass is 16.6. The molecule has 0 bridgehead atoms. The maximum absolute atomic E-state index is 10.6. The number of benzene rings is 1. The van der Waals surface area contributed by atoms with Gasteiger partial charge in [-0.25, -0.2) is 0 Å². The minimum atomic E-state index is -0.372. The molecule has 0 aliphatic carbocycles. The van der Waals surface area contributed by atoms with Crippen molar-refractivity contribution in [1.29, 1.82) is 0 Å². The molecule has 0 atom stereocenters. The van der Waals surface area contributed by atoms with E-state index in [-0.39, 0.29) is 10.6 Å². The van der Waals surface area contributed by atoms with Gasteiger partial charge in [0.05, 0.1) is 4.92 Å². The Morgan fingerprint density at radius 2 is 2.27 bits per heavy atom. The molecule has 0 aromatic heterocycles. The first kappa shape index (κ1) is 11.4. The topological polar surface area (TPSA) is 69.2 Å². The van der Waals surface area contributed by atoms with Crippen molar-refractivity contribution >= 4 is 11.8 Å². The number of hydrogen-bond donors (Lipinski definition) is 1. The lowest BCUT2D eigenvalue weighted by Gasteiger charge is -1.98. The van der Waals surface area contributed by atoms with E-state index in [9.17, 15) is 10.1 Å². The molecule has 1 aromatic rings. The van der Waals surface area contributed by atoms with Crippen LogP contribution in [0.4, 0.5) is 5.69 Å². The van der Waals surface area contributed by atoms with Gasteiger partial charge in [-0.1, -0.05) is 12.2 Å². The van der Waals surface area contributed by atoms with Crippen molar-refractivity contribution in [3.05, 3.63) is 45.5 Å². The second-order valence-corrected chi connectivity index (χ2v) is 3.28. The molecule has 0 aliphatic heterocycles. The molecule has 0 unspecified atom stereocenters. The van der Waals surface area contributed by atoms with Crippen LogP contribution in [0.25, 0.3) is 6.08 Å². The van der Waals surface area contributed by atoms with Gasteiger partial charge in [0.15, 0.2) is 0 Å². The Labute approximate surface area is 88.6 Å². The molecule has 0 heterocycles. The van der Waals surface area contributed by atoms with E-state index in [1.54, 1.807) is 19.1 Å². The molecule has 4 heteroatoms. The molecule has 0 saturated carbocycles.